The topological polar surface area (TPSA) is 30.5 Å². The van der Waals surface area contributed by atoms with Crippen LogP contribution in [0.3, 0.4) is 0 Å². The number of ether oxygens (including phenoxy) is 2. The molecule has 2 aliphatic rings. The zero-order valence-corrected chi connectivity index (χ0v) is 15.4. The Labute approximate surface area is 143 Å². The number of nitrogens with one attached hydrogen (secondary N) is 1. The zero-order chi connectivity index (χ0) is 14.8. The molecule has 1 heterocycles. The van der Waals surface area contributed by atoms with Crippen LogP contribution in [0.25, 0.3) is 0 Å². The van der Waals surface area contributed by atoms with Crippen LogP contribution in [0.1, 0.15) is 31.7 Å². The molecule has 116 valence electrons. The first-order valence-electron chi connectivity index (χ1n) is 7.64. The van der Waals surface area contributed by atoms with Crippen LogP contribution in [0.2, 0.25) is 0 Å². The minimum atomic E-state index is 0.430. The van der Waals surface area contributed by atoms with Crippen LogP contribution >= 0.6 is 31.9 Å². The largest absolute Gasteiger partial charge is 0.492 e. The summed E-state index contributed by atoms with van der Waals surface area (Å²) in [5.41, 5.74) is 1.25. The molecule has 2 atom stereocenters. The number of halogens is 2. The van der Waals surface area contributed by atoms with Gasteiger partial charge in [-0.25, -0.2) is 0 Å². The summed E-state index contributed by atoms with van der Waals surface area (Å²) in [5.74, 6) is 1.67. The molecule has 1 aromatic carbocycles. The van der Waals surface area contributed by atoms with Crippen LogP contribution in [-0.2, 0) is 11.3 Å². The first kappa shape index (κ1) is 15.8. The van der Waals surface area contributed by atoms with Gasteiger partial charge in [0.15, 0.2) is 0 Å². The zero-order valence-electron chi connectivity index (χ0n) is 12.2. The van der Waals surface area contributed by atoms with E-state index < -0.39 is 0 Å². The molecule has 0 bridgehead atoms. The summed E-state index contributed by atoms with van der Waals surface area (Å²) in [7, 11) is 0. The highest BCUT2D eigenvalue weighted by Gasteiger charge is 2.40. The maximum atomic E-state index is 5.88. The average Bonchev–Trinajstić information content (AvgIpc) is 3.19. The van der Waals surface area contributed by atoms with E-state index in [0.717, 1.165) is 40.2 Å². The molecule has 2 unspecified atom stereocenters. The fourth-order valence-electron chi connectivity index (χ4n) is 2.96. The third-order valence-corrected chi connectivity index (χ3v) is 5.32. The molecule has 1 aliphatic carbocycles. The second kappa shape index (κ2) is 6.99. The summed E-state index contributed by atoms with van der Waals surface area (Å²) in [6.45, 7) is 4.42. The van der Waals surface area contributed by atoms with E-state index in [2.05, 4.69) is 49.3 Å². The lowest BCUT2D eigenvalue weighted by Gasteiger charge is -2.20. The van der Waals surface area contributed by atoms with E-state index in [9.17, 15) is 0 Å². The molecular weight excluding hydrogens is 398 g/mol. The Balaban J connectivity index is 1.62. The van der Waals surface area contributed by atoms with Gasteiger partial charge in [-0.3, -0.25) is 0 Å². The van der Waals surface area contributed by atoms with Crippen molar-refractivity contribution in [3.8, 4) is 5.75 Å². The monoisotopic (exact) mass is 417 g/mol. The molecule has 1 aromatic rings. The van der Waals surface area contributed by atoms with E-state index in [1.807, 2.05) is 6.92 Å². The molecule has 1 N–H and O–H groups in total. The molecule has 1 saturated heterocycles. The highest BCUT2D eigenvalue weighted by Crippen LogP contribution is 2.39. The summed E-state index contributed by atoms with van der Waals surface area (Å²) < 4.78 is 13.5. The van der Waals surface area contributed by atoms with Gasteiger partial charge in [0, 0.05) is 19.2 Å². The normalized spacial score (nSPS) is 25.3. The molecule has 5 heteroatoms. The van der Waals surface area contributed by atoms with Gasteiger partial charge in [0.1, 0.15) is 5.75 Å². The van der Waals surface area contributed by atoms with Crippen molar-refractivity contribution in [3.05, 3.63) is 26.6 Å². The fraction of sp³-hybridized carbons (Fsp3) is 0.625. The number of benzene rings is 1. The SMILES string of the molecule is CCOc1c(Br)cc(CNC2CCOC2C2CC2)cc1Br. The van der Waals surface area contributed by atoms with Crippen molar-refractivity contribution in [1.29, 1.82) is 0 Å². The molecule has 3 rings (SSSR count). The van der Waals surface area contributed by atoms with Gasteiger partial charge < -0.3 is 14.8 Å². The van der Waals surface area contributed by atoms with Crippen LogP contribution < -0.4 is 10.1 Å². The maximum Gasteiger partial charge on any atom is 0.147 e. The molecule has 0 spiro atoms. The van der Waals surface area contributed by atoms with Gasteiger partial charge in [-0.05, 0) is 81.7 Å². The van der Waals surface area contributed by atoms with E-state index in [1.54, 1.807) is 0 Å². The second-order valence-electron chi connectivity index (χ2n) is 5.77. The van der Waals surface area contributed by atoms with Crippen molar-refractivity contribution in [3.63, 3.8) is 0 Å². The van der Waals surface area contributed by atoms with E-state index >= 15 is 0 Å². The Morgan fingerprint density at radius 2 is 1.95 bits per heavy atom. The number of hydrogen-bond acceptors (Lipinski definition) is 3. The Morgan fingerprint density at radius 3 is 2.57 bits per heavy atom. The minimum Gasteiger partial charge on any atom is -0.492 e. The van der Waals surface area contributed by atoms with E-state index in [0.29, 0.717) is 18.8 Å². The Hall–Kier alpha value is -0.100. The summed E-state index contributed by atoms with van der Waals surface area (Å²) in [4.78, 5) is 0. The van der Waals surface area contributed by atoms with E-state index in [4.69, 9.17) is 9.47 Å². The van der Waals surface area contributed by atoms with E-state index in [-0.39, 0.29) is 0 Å². The third kappa shape index (κ3) is 3.81. The molecule has 2 fully saturated rings. The Kier molecular flexibility index (Phi) is 5.25. The molecule has 21 heavy (non-hydrogen) atoms. The predicted octanol–water partition coefficient (Wildman–Crippen LogP) is 4.27. The minimum absolute atomic E-state index is 0.430. The molecule has 0 aromatic heterocycles. The molecule has 0 amide bonds. The van der Waals surface area contributed by atoms with Gasteiger partial charge in [0.05, 0.1) is 21.7 Å². The molecule has 1 saturated carbocycles. The van der Waals surface area contributed by atoms with Crippen molar-refractivity contribution in [2.75, 3.05) is 13.2 Å². The average molecular weight is 419 g/mol. The van der Waals surface area contributed by atoms with Crippen LogP contribution in [0.4, 0.5) is 0 Å². The van der Waals surface area contributed by atoms with Crippen molar-refractivity contribution >= 4 is 31.9 Å². The third-order valence-electron chi connectivity index (χ3n) is 4.14. The molecule has 3 nitrogen and oxygen atoms in total. The van der Waals surface area contributed by atoms with E-state index in [1.165, 1.54) is 18.4 Å². The first-order valence-corrected chi connectivity index (χ1v) is 9.23. The lowest BCUT2D eigenvalue weighted by Crippen LogP contribution is -2.37. The first-order chi connectivity index (χ1) is 10.2. The predicted molar refractivity (Wildman–Crippen MR) is 90.7 cm³/mol. The Bertz CT molecular complexity index is 482. The van der Waals surface area contributed by atoms with Crippen LogP contribution in [0.5, 0.6) is 5.75 Å². The highest BCUT2D eigenvalue weighted by atomic mass is 79.9. The van der Waals surface area contributed by atoms with Gasteiger partial charge in [0.2, 0.25) is 0 Å². The lowest BCUT2D eigenvalue weighted by molar-refractivity contribution is 0.0809. The van der Waals surface area contributed by atoms with Crippen LogP contribution in [-0.4, -0.2) is 25.4 Å². The fourth-order valence-corrected chi connectivity index (χ4v) is 4.47. The smallest absolute Gasteiger partial charge is 0.147 e. The summed E-state index contributed by atoms with van der Waals surface area (Å²) >= 11 is 7.18. The van der Waals surface area contributed by atoms with Gasteiger partial charge in [-0.15, -0.1) is 0 Å². The van der Waals surface area contributed by atoms with Crippen molar-refractivity contribution in [2.45, 2.75) is 44.9 Å². The van der Waals surface area contributed by atoms with Gasteiger partial charge in [-0.2, -0.15) is 0 Å². The molecule has 1 aliphatic heterocycles. The van der Waals surface area contributed by atoms with Crippen molar-refractivity contribution in [1.82, 2.24) is 5.32 Å². The maximum absolute atomic E-state index is 5.88. The summed E-state index contributed by atoms with van der Waals surface area (Å²) in [6.07, 6.45) is 4.23. The standard InChI is InChI=1S/C16H21Br2NO2/c1-2-20-16-12(17)7-10(8-13(16)18)9-19-14-5-6-21-15(14)11-3-4-11/h7-8,11,14-15,19H,2-6,9H2,1H3. The summed E-state index contributed by atoms with van der Waals surface area (Å²) in [6, 6.07) is 4.76. The summed E-state index contributed by atoms with van der Waals surface area (Å²) in [5, 5.41) is 3.67. The van der Waals surface area contributed by atoms with Crippen molar-refractivity contribution < 1.29 is 9.47 Å². The highest BCUT2D eigenvalue weighted by molar-refractivity contribution is 9.11. The quantitative estimate of drug-likeness (QED) is 0.748. The van der Waals surface area contributed by atoms with Crippen LogP contribution in [0.15, 0.2) is 21.1 Å². The van der Waals surface area contributed by atoms with Crippen LogP contribution in [0, 0.1) is 5.92 Å². The lowest BCUT2D eigenvalue weighted by atomic mass is 10.1. The van der Waals surface area contributed by atoms with Crippen molar-refractivity contribution in [2.24, 2.45) is 5.92 Å². The Morgan fingerprint density at radius 1 is 1.24 bits per heavy atom. The molecular formula is C16H21Br2NO2. The van der Waals surface area contributed by atoms with Gasteiger partial charge in [0.25, 0.3) is 0 Å². The second-order valence-corrected chi connectivity index (χ2v) is 7.48. The number of hydrogen-bond donors (Lipinski definition) is 1. The number of rotatable bonds is 6. The molecule has 0 radical (unpaired) electrons. The van der Waals surface area contributed by atoms with Gasteiger partial charge >= 0.3 is 0 Å². The van der Waals surface area contributed by atoms with Gasteiger partial charge in [-0.1, -0.05) is 0 Å².